The van der Waals surface area contributed by atoms with Crippen molar-refractivity contribution in [3.8, 4) is 22.3 Å². The molecule has 0 radical (unpaired) electrons. The predicted octanol–water partition coefficient (Wildman–Crippen LogP) is 10.5. The molecule has 0 spiro atoms. The lowest BCUT2D eigenvalue weighted by atomic mass is 9.99. The van der Waals surface area contributed by atoms with Gasteiger partial charge in [0.2, 0.25) is 0 Å². The highest BCUT2D eigenvalue weighted by Crippen LogP contribution is 2.41. The molecule has 7 aromatic carbocycles. The summed E-state index contributed by atoms with van der Waals surface area (Å²) in [7, 11) is -0.461. The predicted molar refractivity (Wildman–Crippen MR) is 195 cm³/mol. The largest absolute Gasteiger partial charge is 0.289 e. The van der Waals surface area contributed by atoms with Gasteiger partial charge in [-0.2, -0.15) is 0 Å². The normalized spacial score (nSPS) is 11.6. The Morgan fingerprint density at radius 2 is 0.792 bits per heavy atom. The third-order valence-electron chi connectivity index (χ3n) is 8.97. The lowest BCUT2D eigenvalue weighted by molar-refractivity contribution is 0.103. The van der Waals surface area contributed by atoms with Crippen LogP contribution in [0, 0.1) is 0 Å². The Bertz CT molecular complexity index is 2160. The molecule has 0 unspecified atom stereocenters. The van der Waals surface area contributed by atoms with E-state index in [1.807, 2.05) is 84.9 Å². The summed E-state index contributed by atoms with van der Waals surface area (Å²) in [6.45, 7) is 0. The minimum atomic E-state index is -0.461. The molecule has 3 heteroatoms. The van der Waals surface area contributed by atoms with E-state index in [1.54, 1.807) is 0 Å². The van der Waals surface area contributed by atoms with E-state index in [2.05, 4.69) is 91.0 Å². The first kappa shape index (κ1) is 29.6. The zero-order valence-corrected chi connectivity index (χ0v) is 27.0. The van der Waals surface area contributed by atoms with Gasteiger partial charge in [-0.1, -0.05) is 109 Å². The molecule has 0 saturated heterocycles. The van der Waals surface area contributed by atoms with Crippen LogP contribution in [0.1, 0.15) is 43.0 Å². The van der Waals surface area contributed by atoms with Gasteiger partial charge in [-0.25, -0.2) is 0 Å². The summed E-state index contributed by atoms with van der Waals surface area (Å²) in [5.74, 6) is 0.0203. The van der Waals surface area contributed by atoms with Crippen LogP contribution in [0.15, 0.2) is 191 Å². The Balaban J connectivity index is 1.15. The van der Waals surface area contributed by atoms with Crippen molar-refractivity contribution >= 4 is 22.5 Å². The van der Waals surface area contributed by atoms with Gasteiger partial charge in [0.25, 0.3) is 0 Å². The molecule has 2 nitrogen and oxygen atoms in total. The van der Waals surface area contributed by atoms with E-state index >= 15 is 0 Å². The monoisotopic (exact) mass is 635 g/mol. The lowest BCUT2D eigenvalue weighted by Crippen LogP contribution is -2.08. The average Bonchev–Trinajstić information content (AvgIpc) is 3.53. The second-order valence-corrected chi connectivity index (χ2v) is 14.0. The van der Waals surface area contributed by atoms with E-state index in [0.29, 0.717) is 22.3 Å². The van der Waals surface area contributed by atoms with Crippen LogP contribution in [-0.2, 0) is 17.3 Å². The van der Waals surface area contributed by atoms with Gasteiger partial charge in [0.15, 0.2) is 26.3 Å². The minimum absolute atomic E-state index is 0.0102. The van der Waals surface area contributed by atoms with Crippen molar-refractivity contribution in [2.45, 2.75) is 21.1 Å². The Morgan fingerprint density at radius 1 is 0.375 bits per heavy atom. The van der Waals surface area contributed by atoms with E-state index in [1.165, 1.54) is 38.3 Å². The molecule has 0 fully saturated rings. The molecular formula is C45H31O2S+. The molecule has 1 aliphatic rings. The van der Waals surface area contributed by atoms with Crippen LogP contribution in [-0.4, -0.2) is 11.6 Å². The Hall–Kier alpha value is -5.77. The van der Waals surface area contributed by atoms with Crippen LogP contribution >= 0.6 is 0 Å². The molecule has 0 N–H and O–H groups in total. The fraction of sp³-hybridized carbons (Fsp3) is 0.0222. The highest BCUT2D eigenvalue weighted by molar-refractivity contribution is 7.97. The maximum atomic E-state index is 13.2. The van der Waals surface area contributed by atoms with Crippen molar-refractivity contribution in [2.24, 2.45) is 0 Å². The van der Waals surface area contributed by atoms with E-state index in [0.717, 1.165) is 16.2 Å². The molecule has 8 rings (SSSR count). The Labute approximate surface area is 283 Å². The van der Waals surface area contributed by atoms with Gasteiger partial charge in [0.05, 0.1) is 10.9 Å². The zero-order chi connectivity index (χ0) is 32.5. The summed E-state index contributed by atoms with van der Waals surface area (Å²) < 4.78 is 0. The molecule has 0 amide bonds. The van der Waals surface area contributed by atoms with Crippen LogP contribution in [0.3, 0.4) is 0 Å². The number of fused-ring (bicyclic) bond motifs is 3. The van der Waals surface area contributed by atoms with E-state index in [-0.39, 0.29) is 11.6 Å². The molecule has 0 heterocycles. The molecule has 0 aliphatic heterocycles. The fourth-order valence-corrected chi connectivity index (χ4v) is 8.63. The SMILES string of the molecule is O=C(c1ccccc1)c1ccc([S+](c2ccc(C(=O)c3ccccc3)cc2)c2ccc3c(c2)Cc2cc(-c4ccccc4)ccc2-3)cc1. The number of carbonyl (C=O) groups excluding carboxylic acids is 2. The van der Waals surface area contributed by atoms with Crippen LogP contribution in [0.4, 0.5) is 0 Å². The smallest absolute Gasteiger partial charge is 0.193 e. The first-order valence-corrected chi connectivity index (χ1v) is 17.3. The Morgan fingerprint density at radius 3 is 1.31 bits per heavy atom. The van der Waals surface area contributed by atoms with Crippen LogP contribution < -0.4 is 0 Å². The summed E-state index contributed by atoms with van der Waals surface area (Å²) in [5.41, 5.74) is 10.4. The lowest BCUT2D eigenvalue weighted by Gasteiger charge is -2.11. The zero-order valence-electron chi connectivity index (χ0n) is 26.2. The van der Waals surface area contributed by atoms with Crippen molar-refractivity contribution < 1.29 is 9.59 Å². The third-order valence-corrected chi connectivity index (χ3v) is 11.2. The van der Waals surface area contributed by atoms with Crippen LogP contribution in [0.25, 0.3) is 22.3 Å². The first-order valence-electron chi connectivity index (χ1n) is 16.1. The third kappa shape index (κ3) is 5.70. The molecule has 1 aliphatic carbocycles. The van der Waals surface area contributed by atoms with Gasteiger partial charge in [0.1, 0.15) is 0 Å². The highest BCUT2D eigenvalue weighted by atomic mass is 32.2. The maximum absolute atomic E-state index is 13.2. The quantitative estimate of drug-likeness (QED) is 0.123. The van der Waals surface area contributed by atoms with Crippen LogP contribution in [0.2, 0.25) is 0 Å². The summed E-state index contributed by atoms with van der Waals surface area (Å²) in [4.78, 5) is 29.8. The number of hydrogen-bond donors (Lipinski definition) is 0. The second-order valence-electron chi connectivity index (χ2n) is 12.0. The van der Waals surface area contributed by atoms with Gasteiger partial charge in [-0.3, -0.25) is 9.59 Å². The van der Waals surface area contributed by atoms with Crippen molar-refractivity contribution in [3.05, 3.63) is 209 Å². The van der Waals surface area contributed by atoms with Crippen molar-refractivity contribution in [1.29, 1.82) is 0 Å². The van der Waals surface area contributed by atoms with E-state index in [4.69, 9.17) is 0 Å². The maximum Gasteiger partial charge on any atom is 0.193 e. The van der Waals surface area contributed by atoms with Crippen LogP contribution in [0.5, 0.6) is 0 Å². The second kappa shape index (κ2) is 12.8. The molecule has 0 aromatic heterocycles. The van der Waals surface area contributed by atoms with E-state index in [9.17, 15) is 9.59 Å². The van der Waals surface area contributed by atoms with Crippen molar-refractivity contribution in [2.75, 3.05) is 0 Å². The minimum Gasteiger partial charge on any atom is -0.289 e. The molecule has 0 bridgehead atoms. The number of carbonyl (C=O) groups is 2. The number of benzene rings is 7. The Kier molecular flexibility index (Phi) is 7.89. The molecule has 7 aromatic rings. The molecule has 48 heavy (non-hydrogen) atoms. The van der Waals surface area contributed by atoms with E-state index < -0.39 is 10.9 Å². The summed E-state index contributed by atoms with van der Waals surface area (Å²) in [6.07, 6.45) is 0.880. The molecule has 228 valence electrons. The molecular weight excluding hydrogens is 605 g/mol. The molecule has 0 atom stereocenters. The summed E-state index contributed by atoms with van der Waals surface area (Å²) >= 11 is 0. The number of hydrogen-bond acceptors (Lipinski definition) is 2. The topological polar surface area (TPSA) is 34.1 Å². The van der Waals surface area contributed by atoms with Gasteiger partial charge in [-0.05, 0) is 107 Å². The number of ketones is 2. The first-order chi connectivity index (χ1) is 23.6. The summed E-state index contributed by atoms with van der Waals surface area (Å²) in [5, 5.41) is 0. The molecule has 0 saturated carbocycles. The van der Waals surface area contributed by atoms with Gasteiger partial charge < -0.3 is 0 Å². The highest BCUT2D eigenvalue weighted by Gasteiger charge is 2.31. The van der Waals surface area contributed by atoms with Crippen molar-refractivity contribution in [3.63, 3.8) is 0 Å². The standard InChI is InChI=1S/C45H31O2S/c46-44(32-12-6-2-7-13-32)34-16-21-39(22-17-34)48(40-23-18-35(19-24-40)45(47)33-14-8-3-9-15-33)41-25-27-43-38(30-41)29-37-28-36(20-26-42(37)43)31-10-4-1-5-11-31/h1-28,30H,29H2/q+1. The van der Waals surface area contributed by atoms with Gasteiger partial charge >= 0.3 is 0 Å². The van der Waals surface area contributed by atoms with Gasteiger partial charge in [0, 0.05) is 22.3 Å². The van der Waals surface area contributed by atoms with Gasteiger partial charge in [-0.15, -0.1) is 0 Å². The summed E-state index contributed by atoms with van der Waals surface area (Å²) in [6, 6.07) is 59.1. The average molecular weight is 636 g/mol. The number of rotatable bonds is 8. The van der Waals surface area contributed by atoms with Crippen molar-refractivity contribution in [1.82, 2.24) is 0 Å². The fourth-order valence-electron chi connectivity index (χ4n) is 6.53.